The first-order valence-electron chi connectivity index (χ1n) is 5.86. The van der Waals surface area contributed by atoms with Gasteiger partial charge < -0.3 is 5.32 Å². The number of halogens is 2. The predicted molar refractivity (Wildman–Crippen MR) is 82.3 cm³/mol. The third kappa shape index (κ3) is 3.86. The fraction of sp³-hybridized carbons (Fsp3) is 0.214. The van der Waals surface area contributed by atoms with Crippen LogP contribution in [0.25, 0.3) is 0 Å². The monoisotopic (exact) mass is 312 g/mol. The van der Waals surface area contributed by atoms with Gasteiger partial charge in [-0.25, -0.2) is 0 Å². The molecule has 0 spiro atoms. The maximum atomic E-state index is 6.14. The first-order valence-corrected chi connectivity index (χ1v) is 7.43. The van der Waals surface area contributed by atoms with E-state index >= 15 is 0 Å². The van der Waals surface area contributed by atoms with Gasteiger partial charge >= 0.3 is 0 Å². The Labute approximate surface area is 127 Å². The topological polar surface area (TPSA) is 24.9 Å². The van der Waals surface area contributed by atoms with Gasteiger partial charge in [0.05, 0.1) is 10.7 Å². The second-order valence-corrected chi connectivity index (χ2v) is 6.06. The summed E-state index contributed by atoms with van der Waals surface area (Å²) >= 11 is 13.7. The lowest BCUT2D eigenvalue weighted by molar-refractivity contribution is 0.631. The number of benzene rings is 1. The lowest BCUT2D eigenvalue weighted by Crippen LogP contribution is -2.13. The molecule has 0 aliphatic rings. The van der Waals surface area contributed by atoms with Crippen LogP contribution in [-0.2, 0) is 0 Å². The maximum absolute atomic E-state index is 6.14. The zero-order valence-corrected chi connectivity index (χ0v) is 13.0. The van der Waals surface area contributed by atoms with Crippen LogP contribution in [0.2, 0.25) is 10.0 Å². The first kappa shape index (κ1) is 14.7. The zero-order chi connectivity index (χ0) is 13.8. The number of hydrogen-bond donors (Lipinski definition) is 1. The number of aromatic nitrogens is 1. The molecule has 19 heavy (non-hydrogen) atoms. The van der Waals surface area contributed by atoms with E-state index in [4.69, 9.17) is 23.2 Å². The van der Waals surface area contributed by atoms with Crippen molar-refractivity contribution in [3.8, 4) is 0 Å². The van der Waals surface area contributed by atoms with Gasteiger partial charge in [0.2, 0.25) is 0 Å². The quantitative estimate of drug-likeness (QED) is 0.876. The van der Waals surface area contributed by atoms with Gasteiger partial charge in [0.15, 0.2) is 0 Å². The summed E-state index contributed by atoms with van der Waals surface area (Å²) in [7, 11) is 1.92. The van der Waals surface area contributed by atoms with E-state index in [1.165, 1.54) is 0 Å². The molecule has 0 fully saturated rings. The van der Waals surface area contributed by atoms with Crippen molar-refractivity contribution in [1.82, 2.24) is 10.3 Å². The minimum atomic E-state index is 0.244. The maximum Gasteiger partial charge on any atom is 0.0571 e. The van der Waals surface area contributed by atoms with Gasteiger partial charge in [-0.2, -0.15) is 0 Å². The fourth-order valence-electron chi connectivity index (χ4n) is 1.54. The second-order valence-electron chi connectivity index (χ2n) is 4.11. The molecule has 2 rings (SSSR count). The molecule has 1 N–H and O–H groups in total. The van der Waals surface area contributed by atoms with E-state index in [2.05, 4.69) is 17.2 Å². The molecule has 1 atom stereocenters. The molecule has 100 valence electrons. The largest absolute Gasteiger partial charge is 0.312 e. The summed E-state index contributed by atoms with van der Waals surface area (Å²) in [6, 6.07) is 9.74. The molecule has 1 aromatic heterocycles. The highest BCUT2D eigenvalue weighted by molar-refractivity contribution is 7.99. The third-order valence-electron chi connectivity index (χ3n) is 2.76. The van der Waals surface area contributed by atoms with Crippen LogP contribution >= 0.6 is 35.0 Å². The van der Waals surface area contributed by atoms with Crippen LogP contribution in [0.15, 0.2) is 46.3 Å². The van der Waals surface area contributed by atoms with Crippen LogP contribution < -0.4 is 5.32 Å². The van der Waals surface area contributed by atoms with Crippen LogP contribution in [0.1, 0.15) is 18.7 Å². The van der Waals surface area contributed by atoms with Crippen molar-refractivity contribution < 1.29 is 0 Å². The molecule has 2 nitrogen and oxygen atoms in total. The van der Waals surface area contributed by atoms with Crippen molar-refractivity contribution in [1.29, 1.82) is 0 Å². The predicted octanol–water partition coefficient (Wildman–Crippen LogP) is 4.82. The van der Waals surface area contributed by atoms with Gasteiger partial charge in [0.25, 0.3) is 0 Å². The highest BCUT2D eigenvalue weighted by Gasteiger charge is 2.07. The van der Waals surface area contributed by atoms with Crippen LogP contribution in [0.4, 0.5) is 0 Å². The summed E-state index contributed by atoms with van der Waals surface area (Å²) in [5.41, 5.74) is 1.02. The number of rotatable bonds is 4. The Morgan fingerprint density at radius 3 is 2.63 bits per heavy atom. The average molecular weight is 313 g/mol. The number of nitrogens with one attached hydrogen (secondary N) is 1. The molecule has 1 heterocycles. The molecule has 0 saturated carbocycles. The summed E-state index contributed by atoms with van der Waals surface area (Å²) in [6.07, 6.45) is 1.85. The molecule has 1 aromatic carbocycles. The molecule has 0 aliphatic heterocycles. The first-order chi connectivity index (χ1) is 9.10. The van der Waals surface area contributed by atoms with Gasteiger partial charge in [-0.05, 0) is 44.3 Å². The van der Waals surface area contributed by atoms with E-state index in [0.29, 0.717) is 10.0 Å². The summed E-state index contributed by atoms with van der Waals surface area (Å²) in [4.78, 5) is 6.41. The van der Waals surface area contributed by atoms with E-state index in [-0.39, 0.29) is 6.04 Å². The molecule has 0 amide bonds. The minimum Gasteiger partial charge on any atom is -0.312 e. The Morgan fingerprint density at radius 2 is 2.00 bits per heavy atom. The van der Waals surface area contributed by atoms with Crippen molar-refractivity contribution in [2.75, 3.05) is 7.05 Å². The Hall–Kier alpha value is -0.740. The normalized spacial score (nSPS) is 12.4. The van der Waals surface area contributed by atoms with Crippen molar-refractivity contribution in [2.45, 2.75) is 22.8 Å². The van der Waals surface area contributed by atoms with Crippen LogP contribution in [0, 0.1) is 0 Å². The Balaban J connectivity index is 2.17. The standard InChI is InChI=1S/C14H14Cl2N2S/c1-9(17-2)13-6-4-11(8-18-13)19-14-7-10(15)3-5-12(14)16/h3-9,17H,1-2H3. The SMILES string of the molecule is CNC(C)c1ccc(Sc2cc(Cl)ccc2Cl)cn1. The smallest absolute Gasteiger partial charge is 0.0571 e. The molecular weight excluding hydrogens is 299 g/mol. The van der Waals surface area contributed by atoms with Gasteiger partial charge in [-0.1, -0.05) is 35.0 Å². The van der Waals surface area contributed by atoms with E-state index in [0.717, 1.165) is 15.5 Å². The summed E-state index contributed by atoms with van der Waals surface area (Å²) in [5.74, 6) is 0. The highest BCUT2D eigenvalue weighted by Crippen LogP contribution is 2.34. The highest BCUT2D eigenvalue weighted by atomic mass is 35.5. The molecule has 1 unspecified atom stereocenters. The number of pyridine rings is 1. The summed E-state index contributed by atoms with van der Waals surface area (Å²) in [5, 5.41) is 4.54. The number of hydrogen-bond acceptors (Lipinski definition) is 3. The van der Waals surface area contributed by atoms with Gasteiger partial charge in [0.1, 0.15) is 0 Å². The van der Waals surface area contributed by atoms with Crippen LogP contribution in [0.3, 0.4) is 0 Å². The molecule has 0 radical (unpaired) electrons. The van der Waals surface area contributed by atoms with Crippen LogP contribution in [-0.4, -0.2) is 12.0 Å². The second kappa shape index (κ2) is 6.62. The molecule has 0 bridgehead atoms. The Morgan fingerprint density at radius 1 is 1.21 bits per heavy atom. The van der Waals surface area contributed by atoms with E-state index in [1.807, 2.05) is 31.4 Å². The number of nitrogens with zero attached hydrogens (tertiary/aromatic N) is 1. The average Bonchev–Trinajstić information content (AvgIpc) is 2.43. The molecule has 2 aromatic rings. The lowest BCUT2D eigenvalue weighted by Gasteiger charge is -2.10. The van der Waals surface area contributed by atoms with Crippen molar-refractivity contribution in [2.24, 2.45) is 0 Å². The lowest BCUT2D eigenvalue weighted by atomic mass is 10.2. The molecule has 0 saturated heterocycles. The Bertz CT molecular complexity index is 558. The summed E-state index contributed by atoms with van der Waals surface area (Å²) in [6.45, 7) is 2.07. The van der Waals surface area contributed by atoms with E-state index in [1.54, 1.807) is 23.9 Å². The fourth-order valence-corrected chi connectivity index (χ4v) is 2.86. The van der Waals surface area contributed by atoms with Crippen molar-refractivity contribution in [3.63, 3.8) is 0 Å². The van der Waals surface area contributed by atoms with Gasteiger partial charge in [0, 0.05) is 27.1 Å². The summed E-state index contributed by atoms with van der Waals surface area (Å²) < 4.78 is 0. The van der Waals surface area contributed by atoms with Gasteiger partial charge in [-0.3, -0.25) is 4.98 Å². The third-order valence-corrected chi connectivity index (χ3v) is 4.47. The molecule has 0 aliphatic carbocycles. The van der Waals surface area contributed by atoms with E-state index in [9.17, 15) is 0 Å². The van der Waals surface area contributed by atoms with Gasteiger partial charge in [-0.15, -0.1) is 0 Å². The minimum absolute atomic E-state index is 0.244. The Kier molecular flexibility index (Phi) is 5.11. The molecular formula is C14H14Cl2N2S. The van der Waals surface area contributed by atoms with Crippen LogP contribution in [0.5, 0.6) is 0 Å². The zero-order valence-electron chi connectivity index (χ0n) is 10.7. The van der Waals surface area contributed by atoms with Crippen molar-refractivity contribution >= 4 is 35.0 Å². The van der Waals surface area contributed by atoms with E-state index < -0.39 is 0 Å². The molecule has 5 heteroatoms. The van der Waals surface area contributed by atoms with Crippen molar-refractivity contribution in [3.05, 3.63) is 52.3 Å².